The lowest BCUT2D eigenvalue weighted by Gasteiger charge is -2.41. The minimum Gasteiger partial charge on any atom is -0.393 e. The maximum Gasteiger partial charge on any atom is 0.321 e. The van der Waals surface area contributed by atoms with E-state index in [0.29, 0.717) is 37.1 Å². The van der Waals surface area contributed by atoms with Crippen LogP contribution >= 0.6 is 0 Å². The fourth-order valence-electron chi connectivity index (χ4n) is 6.12. The molecule has 6 nitrogen and oxygen atoms in total. The first-order valence-corrected chi connectivity index (χ1v) is 13.9. The van der Waals surface area contributed by atoms with Crippen molar-refractivity contribution < 1.29 is 23.1 Å². The molecule has 2 unspecified atom stereocenters. The zero-order valence-electron chi connectivity index (χ0n) is 23.1. The molecule has 3 aromatic rings. The van der Waals surface area contributed by atoms with Crippen molar-refractivity contribution in [1.29, 1.82) is 0 Å². The van der Waals surface area contributed by atoms with Gasteiger partial charge in [-0.05, 0) is 73.4 Å². The largest absolute Gasteiger partial charge is 0.393 e. The number of aliphatic hydroxyl groups excluding tert-OH is 1. The number of rotatable bonds is 7. The van der Waals surface area contributed by atoms with E-state index in [1.54, 1.807) is 48.5 Å². The highest BCUT2D eigenvalue weighted by atomic mass is 19.1. The molecule has 2 amide bonds. The van der Waals surface area contributed by atoms with E-state index in [1.807, 2.05) is 24.3 Å². The Morgan fingerprint density at radius 3 is 2.61 bits per heavy atom. The number of amides is 2. The highest BCUT2D eigenvalue weighted by molar-refractivity contribution is 5.83. The molecule has 1 N–H and O–H groups in total. The summed E-state index contributed by atoms with van der Waals surface area (Å²) in [7, 11) is 1.70. The molecule has 0 spiro atoms. The lowest BCUT2D eigenvalue weighted by molar-refractivity contribution is 0.0741. The first-order valence-electron chi connectivity index (χ1n) is 13.9. The molecule has 0 bridgehead atoms. The Balaban J connectivity index is 1.42. The van der Waals surface area contributed by atoms with Crippen LogP contribution in [-0.2, 0) is 12.1 Å². The summed E-state index contributed by atoms with van der Waals surface area (Å²) >= 11 is 0. The molecule has 41 heavy (non-hydrogen) atoms. The van der Waals surface area contributed by atoms with Crippen LogP contribution < -0.4 is 0 Å². The summed E-state index contributed by atoms with van der Waals surface area (Å²) < 4.78 is 43.4. The molecule has 1 saturated heterocycles. The maximum atomic E-state index is 14.8. The second kappa shape index (κ2) is 12.4. The monoisotopic (exact) mass is 564 g/mol. The second-order valence-electron chi connectivity index (χ2n) is 10.9. The molecule has 2 aromatic carbocycles. The molecular formula is C32H35F3N4O2. The van der Waals surface area contributed by atoms with Gasteiger partial charge in [0, 0.05) is 44.0 Å². The van der Waals surface area contributed by atoms with Crippen LogP contribution in [0.1, 0.15) is 36.1 Å². The van der Waals surface area contributed by atoms with Crippen LogP contribution in [0.2, 0.25) is 0 Å². The van der Waals surface area contributed by atoms with Gasteiger partial charge in [-0.3, -0.25) is 9.88 Å². The third-order valence-electron chi connectivity index (χ3n) is 8.41. The van der Waals surface area contributed by atoms with Crippen molar-refractivity contribution in [1.82, 2.24) is 19.7 Å². The quantitative estimate of drug-likeness (QED) is 0.418. The number of carbonyl (C=O) groups excluding carboxylic acids is 1. The summed E-state index contributed by atoms with van der Waals surface area (Å²) in [5, 5.41) is 10.8. The molecule has 3 heterocycles. The number of likely N-dealkylation sites (tertiary alicyclic amines) is 1. The van der Waals surface area contributed by atoms with Crippen molar-refractivity contribution in [3.8, 4) is 0 Å². The Morgan fingerprint density at radius 1 is 1.12 bits per heavy atom. The third kappa shape index (κ3) is 5.87. The highest BCUT2D eigenvalue weighted by Gasteiger charge is 2.46. The molecule has 1 fully saturated rings. The molecule has 2 aliphatic rings. The normalized spacial score (nSPS) is 23.2. The van der Waals surface area contributed by atoms with E-state index in [1.165, 1.54) is 4.90 Å². The van der Waals surface area contributed by atoms with Gasteiger partial charge in [-0.2, -0.15) is 0 Å². The smallest absolute Gasteiger partial charge is 0.321 e. The van der Waals surface area contributed by atoms with Crippen molar-refractivity contribution in [3.63, 3.8) is 0 Å². The van der Waals surface area contributed by atoms with E-state index < -0.39 is 30.5 Å². The van der Waals surface area contributed by atoms with E-state index in [2.05, 4.69) is 9.88 Å². The molecule has 9 heteroatoms. The number of nitrogens with zero attached hydrogens (tertiary/aromatic N) is 4. The molecule has 5 rings (SSSR count). The SMILES string of the molecule is CN(C(=O)N1CC(c2cc(F)ccc2F)=C[C@@]1(CO)c1ccccc1)C1CCCN(Cc2ccccn2)C(CF)C1. The molecule has 0 radical (unpaired) electrons. The van der Waals surface area contributed by atoms with Crippen molar-refractivity contribution in [2.24, 2.45) is 0 Å². The van der Waals surface area contributed by atoms with Gasteiger partial charge in [0.1, 0.15) is 23.8 Å². The van der Waals surface area contributed by atoms with Crippen LogP contribution in [0.4, 0.5) is 18.0 Å². The number of pyridine rings is 1. The van der Waals surface area contributed by atoms with Gasteiger partial charge in [0.25, 0.3) is 0 Å². The van der Waals surface area contributed by atoms with Crippen molar-refractivity contribution in [2.75, 3.05) is 33.4 Å². The number of carbonyl (C=O) groups is 1. The molecule has 1 aromatic heterocycles. The topological polar surface area (TPSA) is 59.9 Å². The van der Waals surface area contributed by atoms with Gasteiger partial charge in [0.05, 0.1) is 12.3 Å². The number of alkyl halides is 1. The predicted octanol–water partition coefficient (Wildman–Crippen LogP) is 5.39. The van der Waals surface area contributed by atoms with Crippen molar-refractivity contribution in [3.05, 3.63) is 107 Å². The molecular weight excluding hydrogens is 529 g/mol. The zero-order chi connectivity index (χ0) is 29.0. The second-order valence-corrected chi connectivity index (χ2v) is 10.9. The van der Waals surface area contributed by atoms with Crippen molar-refractivity contribution >= 4 is 11.6 Å². The van der Waals surface area contributed by atoms with Gasteiger partial charge < -0.3 is 14.9 Å². The van der Waals surface area contributed by atoms with Gasteiger partial charge in [-0.1, -0.05) is 36.4 Å². The summed E-state index contributed by atoms with van der Waals surface area (Å²) in [6, 6.07) is 16.9. The van der Waals surface area contributed by atoms with Gasteiger partial charge in [-0.25, -0.2) is 18.0 Å². The van der Waals surface area contributed by atoms with E-state index in [0.717, 1.165) is 30.3 Å². The van der Waals surface area contributed by atoms with Crippen LogP contribution in [0.15, 0.2) is 79.0 Å². The molecule has 3 atom stereocenters. The summed E-state index contributed by atoms with van der Waals surface area (Å²) in [5.41, 5.74) is 0.694. The van der Waals surface area contributed by atoms with E-state index in [4.69, 9.17) is 0 Å². The van der Waals surface area contributed by atoms with E-state index in [9.17, 15) is 23.1 Å². The van der Waals surface area contributed by atoms with Gasteiger partial charge >= 0.3 is 6.03 Å². The number of hydrogen-bond donors (Lipinski definition) is 1. The number of halogens is 3. The average molecular weight is 565 g/mol. The van der Waals surface area contributed by atoms with E-state index in [-0.39, 0.29) is 30.2 Å². The van der Waals surface area contributed by atoms with Crippen LogP contribution in [0.25, 0.3) is 5.57 Å². The minimum absolute atomic E-state index is 0.0237. The number of benzene rings is 2. The average Bonchev–Trinajstić information content (AvgIpc) is 3.29. The minimum atomic E-state index is -1.28. The van der Waals surface area contributed by atoms with Crippen molar-refractivity contribution in [2.45, 2.75) is 43.4 Å². The van der Waals surface area contributed by atoms with Crippen LogP contribution in [0.5, 0.6) is 0 Å². The Labute approximate surface area is 238 Å². The number of hydrogen-bond acceptors (Lipinski definition) is 4. The maximum absolute atomic E-state index is 14.8. The highest BCUT2D eigenvalue weighted by Crippen LogP contribution is 2.41. The fraction of sp³-hybridized carbons (Fsp3) is 0.375. The lowest BCUT2D eigenvalue weighted by Crippen LogP contribution is -2.54. The first kappa shape index (κ1) is 28.8. The molecule has 0 saturated carbocycles. The third-order valence-corrected chi connectivity index (χ3v) is 8.41. The number of urea groups is 1. The summed E-state index contributed by atoms with van der Waals surface area (Å²) in [4.78, 5) is 23.8. The first-order chi connectivity index (χ1) is 19.9. The van der Waals surface area contributed by atoms with Gasteiger partial charge in [-0.15, -0.1) is 0 Å². The predicted molar refractivity (Wildman–Crippen MR) is 151 cm³/mol. The Morgan fingerprint density at radius 2 is 1.90 bits per heavy atom. The fourth-order valence-corrected chi connectivity index (χ4v) is 6.12. The zero-order valence-corrected chi connectivity index (χ0v) is 23.1. The molecule has 0 aliphatic carbocycles. The Kier molecular flexibility index (Phi) is 8.75. The number of aliphatic hydroxyl groups is 1. The van der Waals surface area contributed by atoms with Crippen LogP contribution in [-0.4, -0.2) is 76.3 Å². The standard InChI is InChI=1S/C32H35F3N4O2/c1-37(27-11-7-15-38(28(17-27)19-33)21-26-10-5-6-14-36-26)31(41)39-20-23(29-16-25(34)12-13-30(29)35)18-32(39,22-40)24-8-3-2-4-9-24/h2-6,8-10,12-14,16,18,27-28,40H,7,11,15,17,19-22H2,1H3/t27?,28?,32-/m1/s1. The van der Waals surface area contributed by atoms with Gasteiger partial charge in [0.2, 0.25) is 0 Å². The summed E-state index contributed by atoms with van der Waals surface area (Å²) in [6.07, 6.45) is 5.28. The van der Waals surface area contributed by atoms with Gasteiger partial charge in [0.15, 0.2) is 0 Å². The lowest BCUT2D eigenvalue weighted by atomic mass is 9.89. The van der Waals surface area contributed by atoms with E-state index >= 15 is 0 Å². The van der Waals surface area contributed by atoms with Crippen LogP contribution in [0, 0.1) is 11.6 Å². The Bertz CT molecular complexity index is 1370. The molecule has 216 valence electrons. The summed E-state index contributed by atoms with van der Waals surface area (Å²) in [6.45, 7) is 0.184. The summed E-state index contributed by atoms with van der Waals surface area (Å²) in [5.74, 6) is -1.20. The Hall–Kier alpha value is -3.69. The van der Waals surface area contributed by atoms with Crippen LogP contribution in [0.3, 0.4) is 0 Å². The number of aromatic nitrogens is 1. The molecule has 2 aliphatic heterocycles.